The summed E-state index contributed by atoms with van der Waals surface area (Å²) in [6.45, 7) is 2.46. The van der Waals surface area contributed by atoms with E-state index >= 15 is 0 Å². The topological polar surface area (TPSA) is 105 Å². The number of thiophene rings is 1. The summed E-state index contributed by atoms with van der Waals surface area (Å²) in [5, 5.41) is 22.7. The number of pyridine rings is 1. The molecule has 0 spiro atoms. The third kappa shape index (κ3) is 3.54. The van der Waals surface area contributed by atoms with Crippen molar-refractivity contribution in [3.63, 3.8) is 0 Å². The van der Waals surface area contributed by atoms with Crippen molar-refractivity contribution >= 4 is 28.8 Å². The Balaban J connectivity index is 2.19. The summed E-state index contributed by atoms with van der Waals surface area (Å²) in [4.78, 5) is 27.3. The minimum absolute atomic E-state index is 0.0662. The molecule has 0 bridgehead atoms. The summed E-state index contributed by atoms with van der Waals surface area (Å²) in [6, 6.07) is 4.97. The number of carboxylic acid groups (broad SMARTS) is 1. The fraction of sp³-hybridized carbons (Fsp3) is 0.231. The Labute approximate surface area is 124 Å². The molecule has 0 unspecified atom stereocenters. The van der Waals surface area contributed by atoms with Gasteiger partial charge in [0.25, 0.3) is 0 Å². The number of carboxylic acids is 1. The van der Waals surface area contributed by atoms with E-state index in [1.54, 1.807) is 11.3 Å². The van der Waals surface area contributed by atoms with Crippen LogP contribution in [0.1, 0.15) is 27.0 Å². The smallest absolute Gasteiger partial charge is 0.337 e. The van der Waals surface area contributed by atoms with Gasteiger partial charge in [0.1, 0.15) is 0 Å². The number of aryl methyl sites for hydroxylation is 1. The van der Waals surface area contributed by atoms with Crippen molar-refractivity contribution in [3.05, 3.63) is 49.8 Å². The first-order chi connectivity index (χ1) is 10.0. The van der Waals surface area contributed by atoms with E-state index in [0.717, 1.165) is 23.6 Å². The number of anilines is 1. The highest BCUT2D eigenvalue weighted by Crippen LogP contribution is 2.24. The van der Waals surface area contributed by atoms with Gasteiger partial charge < -0.3 is 10.4 Å². The van der Waals surface area contributed by atoms with Crippen molar-refractivity contribution in [1.82, 2.24) is 4.98 Å². The van der Waals surface area contributed by atoms with E-state index < -0.39 is 10.9 Å². The van der Waals surface area contributed by atoms with Crippen molar-refractivity contribution in [2.75, 3.05) is 5.32 Å². The molecule has 0 saturated heterocycles. The Morgan fingerprint density at radius 3 is 2.76 bits per heavy atom. The maximum Gasteiger partial charge on any atom is 0.337 e. The lowest BCUT2D eigenvalue weighted by Crippen LogP contribution is -2.06. The van der Waals surface area contributed by atoms with Crippen molar-refractivity contribution in [2.45, 2.75) is 19.9 Å². The van der Waals surface area contributed by atoms with E-state index in [-0.39, 0.29) is 17.1 Å². The van der Waals surface area contributed by atoms with Crippen LogP contribution in [0.5, 0.6) is 0 Å². The SMILES string of the molecule is CCc1ccc(CNc2ncc(C(=O)O)cc2[N+](=O)[O-])s1. The maximum atomic E-state index is 11.0. The Bertz CT molecular complexity index is 684. The van der Waals surface area contributed by atoms with Crippen LogP contribution in [0.15, 0.2) is 24.4 Å². The zero-order valence-corrected chi connectivity index (χ0v) is 12.0. The van der Waals surface area contributed by atoms with E-state index in [2.05, 4.69) is 17.2 Å². The number of carbonyl (C=O) groups is 1. The Kier molecular flexibility index (Phi) is 4.49. The second kappa shape index (κ2) is 6.31. The van der Waals surface area contributed by atoms with Crippen LogP contribution in [0.25, 0.3) is 0 Å². The lowest BCUT2D eigenvalue weighted by atomic mass is 10.2. The lowest BCUT2D eigenvalue weighted by molar-refractivity contribution is -0.384. The van der Waals surface area contributed by atoms with Crippen molar-refractivity contribution in [2.24, 2.45) is 0 Å². The number of nitro groups is 1. The second-order valence-corrected chi connectivity index (χ2v) is 5.48. The number of aromatic carboxylic acids is 1. The lowest BCUT2D eigenvalue weighted by Gasteiger charge is -2.05. The first-order valence-electron chi connectivity index (χ1n) is 6.20. The van der Waals surface area contributed by atoms with E-state index in [1.165, 1.54) is 4.88 Å². The first-order valence-corrected chi connectivity index (χ1v) is 7.02. The molecule has 2 N–H and O–H groups in total. The molecule has 2 aromatic heterocycles. The minimum Gasteiger partial charge on any atom is -0.478 e. The highest BCUT2D eigenvalue weighted by atomic mass is 32.1. The van der Waals surface area contributed by atoms with Crippen LogP contribution in [0.4, 0.5) is 11.5 Å². The fourth-order valence-corrected chi connectivity index (χ4v) is 2.62. The normalized spacial score (nSPS) is 10.3. The largest absolute Gasteiger partial charge is 0.478 e. The average Bonchev–Trinajstić information content (AvgIpc) is 2.92. The number of hydrogen-bond acceptors (Lipinski definition) is 6. The monoisotopic (exact) mass is 307 g/mol. The van der Waals surface area contributed by atoms with E-state index in [4.69, 9.17) is 5.11 Å². The molecule has 0 atom stereocenters. The summed E-state index contributed by atoms with van der Waals surface area (Å²) >= 11 is 1.62. The number of nitrogens with zero attached hydrogens (tertiary/aromatic N) is 2. The molecule has 0 aromatic carbocycles. The molecule has 0 fully saturated rings. The van der Waals surface area contributed by atoms with Gasteiger partial charge in [0.05, 0.1) is 17.0 Å². The van der Waals surface area contributed by atoms with Crippen LogP contribution < -0.4 is 5.32 Å². The van der Waals surface area contributed by atoms with Crippen LogP contribution in [0.3, 0.4) is 0 Å². The average molecular weight is 307 g/mol. The molecule has 0 radical (unpaired) electrons. The molecule has 8 heteroatoms. The quantitative estimate of drug-likeness (QED) is 0.628. The summed E-state index contributed by atoms with van der Waals surface area (Å²) in [5.41, 5.74) is -0.557. The molecule has 2 aromatic rings. The molecule has 110 valence electrons. The van der Waals surface area contributed by atoms with Gasteiger partial charge in [-0.1, -0.05) is 6.92 Å². The summed E-state index contributed by atoms with van der Waals surface area (Å²) in [5.74, 6) is -1.18. The minimum atomic E-state index is -1.25. The molecule has 7 nitrogen and oxygen atoms in total. The summed E-state index contributed by atoms with van der Waals surface area (Å²) < 4.78 is 0. The van der Waals surface area contributed by atoms with Crippen LogP contribution in [-0.2, 0) is 13.0 Å². The predicted octanol–water partition coefficient (Wildman–Crippen LogP) is 2.92. The van der Waals surface area contributed by atoms with Gasteiger partial charge in [0.2, 0.25) is 5.82 Å². The first kappa shape index (κ1) is 14.9. The molecule has 21 heavy (non-hydrogen) atoms. The highest BCUT2D eigenvalue weighted by Gasteiger charge is 2.18. The van der Waals surface area contributed by atoms with Gasteiger partial charge in [-0.25, -0.2) is 9.78 Å². The van der Waals surface area contributed by atoms with E-state index in [1.807, 2.05) is 12.1 Å². The van der Waals surface area contributed by atoms with Gasteiger partial charge in [-0.3, -0.25) is 10.1 Å². The molecule has 0 aliphatic carbocycles. The standard InChI is InChI=1S/C13H13N3O4S/c1-2-9-3-4-10(21-9)7-15-12-11(16(19)20)5-8(6-14-12)13(17)18/h3-6H,2,7H2,1H3,(H,14,15)(H,17,18). The molecule has 0 saturated carbocycles. The predicted molar refractivity (Wildman–Crippen MR) is 78.9 cm³/mol. The molecule has 0 aliphatic heterocycles. The van der Waals surface area contributed by atoms with Crippen molar-refractivity contribution in [3.8, 4) is 0 Å². The zero-order chi connectivity index (χ0) is 15.4. The number of rotatable bonds is 6. The van der Waals surface area contributed by atoms with Gasteiger partial charge in [0.15, 0.2) is 0 Å². The highest BCUT2D eigenvalue weighted by molar-refractivity contribution is 7.12. The third-order valence-corrected chi connectivity index (χ3v) is 4.04. The summed E-state index contributed by atoms with van der Waals surface area (Å²) in [7, 11) is 0. The van der Waals surface area contributed by atoms with E-state index in [9.17, 15) is 14.9 Å². The van der Waals surface area contributed by atoms with Crippen molar-refractivity contribution in [1.29, 1.82) is 0 Å². The van der Waals surface area contributed by atoms with Crippen LogP contribution in [-0.4, -0.2) is 21.0 Å². The number of nitrogens with one attached hydrogen (secondary N) is 1. The molecule has 2 rings (SSSR count). The fourth-order valence-electron chi connectivity index (χ4n) is 1.72. The molecular formula is C13H13N3O4S. The number of aromatic nitrogens is 1. The Morgan fingerprint density at radius 1 is 1.48 bits per heavy atom. The van der Waals surface area contributed by atoms with Crippen molar-refractivity contribution < 1.29 is 14.8 Å². The van der Waals surface area contributed by atoms with Gasteiger partial charge in [-0.05, 0) is 18.6 Å². The molecule has 2 heterocycles. The van der Waals surface area contributed by atoms with Gasteiger partial charge >= 0.3 is 11.7 Å². The maximum absolute atomic E-state index is 11.0. The Morgan fingerprint density at radius 2 is 2.19 bits per heavy atom. The zero-order valence-electron chi connectivity index (χ0n) is 11.2. The molecule has 0 amide bonds. The van der Waals surface area contributed by atoms with Gasteiger partial charge in [-0.2, -0.15) is 0 Å². The van der Waals surface area contributed by atoms with Gasteiger partial charge in [-0.15, -0.1) is 11.3 Å². The molecule has 0 aliphatic rings. The van der Waals surface area contributed by atoms with Gasteiger partial charge in [0, 0.05) is 22.0 Å². The number of hydrogen-bond donors (Lipinski definition) is 2. The van der Waals surface area contributed by atoms with E-state index in [0.29, 0.717) is 6.54 Å². The third-order valence-electron chi connectivity index (χ3n) is 2.81. The Hall–Kier alpha value is -2.48. The van der Waals surface area contributed by atoms with Crippen LogP contribution in [0.2, 0.25) is 0 Å². The van der Waals surface area contributed by atoms with Crippen LogP contribution >= 0.6 is 11.3 Å². The molecular weight excluding hydrogens is 294 g/mol. The summed E-state index contributed by atoms with van der Waals surface area (Å²) in [6.07, 6.45) is 2.04. The van der Waals surface area contributed by atoms with Crippen LogP contribution in [0, 0.1) is 10.1 Å². The second-order valence-electron chi connectivity index (χ2n) is 4.23.